The van der Waals surface area contributed by atoms with Gasteiger partial charge >= 0.3 is 6.09 Å². The number of aliphatic hydroxyl groups is 1. The first-order valence-electron chi connectivity index (χ1n) is 3.76. The van der Waals surface area contributed by atoms with Gasteiger partial charge in [-0.1, -0.05) is 13.8 Å². The van der Waals surface area contributed by atoms with Crippen LogP contribution in [0, 0.1) is 0 Å². The van der Waals surface area contributed by atoms with E-state index in [0.717, 1.165) is 0 Å². The minimum absolute atomic E-state index is 0.0872. The van der Waals surface area contributed by atoms with Gasteiger partial charge in [-0.05, 0) is 0 Å². The molecule has 11 heavy (non-hydrogen) atoms. The topological polar surface area (TPSA) is 49.8 Å². The second kappa shape index (κ2) is 4.96. The predicted octanol–water partition coefficient (Wildman–Crippen LogP) is 0.456. The molecule has 0 aromatic rings. The molecule has 0 aromatic carbocycles. The summed E-state index contributed by atoms with van der Waals surface area (Å²) in [5.41, 5.74) is 0. The van der Waals surface area contributed by atoms with Crippen molar-refractivity contribution in [2.24, 2.45) is 0 Å². The number of likely N-dealkylation sites (N-methyl/N-ethyl adjacent to an activating group) is 1. The summed E-state index contributed by atoms with van der Waals surface area (Å²) < 4.78 is 4.66. The highest BCUT2D eigenvalue weighted by Gasteiger charge is 2.26. The molecule has 0 unspecified atom stereocenters. The largest absolute Gasteiger partial charge is 0.442 e. The third kappa shape index (κ3) is 2.76. The van der Waals surface area contributed by atoms with Crippen LogP contribution in [0.2, 0.25) is 0 Å². The summed E-state index contributed by atoms with van der Waals surface area (Å²) in [4.78, 5) is 12.0. The summed E-state index contributed by atoms with van der Waals surface area (Å²) in [6.45, 7) is 4.41. The Balaban J connectivity index is 0.000000461. The van der Waals surface area contributed by atoms with Crippen LogP contribution in [0.3, 0.4) is 0 Å². The molecule has 66 valence electrons. The molecule has 1 fully saturated rings. The number of aliphatic hydroxyl groups excluding tert-OH is 1. The zero-order valence-corrected chi connectivity index (χ0v) is 7.20. The van der Waals surface area contributed by atoms with Gasteiger partial charge < -0.3 is 14.7 Å². The maximum absolute atomic E-state index is 10.5. The number of amides is 1. The van der Waals surface area contributed by atoms with Crippen LogP contribution in [0.15, 0.2) is 0 Å². The van der Waals surface area contributed by atoms with Crippen molar-refractivity contribution in [3.63, 3.8) is 0 Å². The zero-order valence-electron chi connectivity index (χ0n) is 7.20. The van der Waals surface area contributed by atoms with Gasteiger partial charge in [-0.25, -0.2) is 4.79 Å². The average Bonchev–Trinajstić information content (AvgIpc) is 2.36. The lowest BCUT2D eigenvalue weighted by atomic mass is 10.4. The summed E-state index contributed by atoms with van der Waals surface area (Å²) in [5, 5.41) is 8.50. The van der Waals surface area contributed by atoms with Crippen molar-refractivity contribution in [3.05, 3.63) is 0 Å². The Morgan fingerprint density at radius 1 is 1.73 bits per heavy atom. The normalized spacial score (nSPS) is 22.4. The fraction of sp³-hybridized carbons (Fsp3) is 0.857. The van der Waals surface area contributed by atoms with Crippen LogP contribution in [0.5, 0.6) is 0 Å². The lowest BCUT2D eigenvalue weighted by Gasteiger charge is -2.00. The minimum Gasteiger partial charge on any atom is -0.442 e. The molecular weight excluding hydrogens is 146 g/mol. The maximum Gasteiger partial charge on any atom is 0.410 e. The second-order valence-corrected chi connectivity index (χ2v) is 2.07. The first-order chi connectivity index (χ1) is 5.24. The van der Waals surface area contributed by atoms with Crippen LogP contribution in [0.4, 0.5) is 4.79 Å². The molecule has 1 aliphatic heterocycles. The van der Waals surface area contributed by atoms with Gasteiger partial charge in [-0.3, -0.25) is 0 Å². The second-order valence-electron chi connectivity index (χ2n) is 2.07. The van der Waals surface area contributed by atoms with E-state index in [2.05, 4.69) is 4.74 Å². The van der Waals surface area contributed by atoms with Gasteiger partial charge in [0.25, 0.3) is 0 Å². The highest BCUT2D eigenvalue weighted by atomic mass is 16.6. The third-order valence-electron chi connectivity index (χ3n) is 1.26. The Morgan fingerprint density at radius 3 is 2.45 bits per heavy atom. The molecule has 1 N–H and O–H groups in total. The van der Waals surface area contributed by atoms with Gasteiger partial charge in [0.15, 0.2) is 0 Å². The van der Waals surface area contributed by atoms with E-state index in [1.165, 1.54) is 4.90 Å². The zero-order chi connectivity index (χ0) is 8.85. The highest BCUT2D eigenvalue weighted by Crippen LogP contribution is 2.06. The smallest absolute Gasteiger partial charge is 0.410 e. The molecule has 0 radical (unpaired) electrons. The molecule has 1 heterocycles. The summed E-state index contributed by atoms with van der Waals surface area (Å²) in [7, 11) is 1.64. The van der Waals surface area contributed by atoms with E-state index in [-0.39, 0.29) is 18.8 Å². The fourth-order valence-corrected chi connectivity index (χ4v) is 0.745. The summed E-state index contributed by atoms with van der Waals surface area (Å²) in [6, 6.07) is 0. The molecule has 0 aromatic heterocycles. The average molecular weight is 161 g/mol. The van der Waals surface area contributed by atoms with Crippen LogP contribution in [0.25, 0.3) is 0 Å². The van der Waals surface area contributed by atoms with Crippen molar-refractivity contribution in [2.45, 2.75) is 20.0 Å². The lowest BCUT2D eigenvalue weighted by molar-refractivity contribution is 0.0951. The SMILES string of the molecule is CC.CN1C[C@H](CO)OC1=O. The van der Waals surface area contributed by atoms with Crippen LogP contribution in [-0.2, 0) is 4.74 Å². The van der Waals surface area contributed by atoms with Crippen molar-refractivity contribution in [2.75, 3.05) is 20.2 Å². The lowest BCUT2D eigenvalue weighted by Crippen LogP contribution is -2.20. The first-order valence-corrected chi connectivity index (χ1v) is 3.76. The molecule has 4 heteroatoms. The molecule has 0 bridgehead atoms. The molecule has 0 saturated carbocycles. The predicted molar refractivity (Wildman–Crippen MR) is 41.3 cm³/mol. The molecule has 1 amide bonds. The maximum atomic E-state index is 10.5. The molecule has 0 spiro atoms. The van der Waals surface area contributed by atoms with Crippen molar-refractivity contribution >= 4 is 6.09 Å². The van der Waals surface area contributed by atoms with Crippen LogP contribution >= 0.6 is 0 Å². The number of nitrogens with zero attached hydrogens (tertiary/aromatic N) is 1. The number of hydrogen-bond donors (Lipinski definition) is 1. The number of rotatable bonds is 1. The van der Waals surface area contributed by atoms with Gasteiger partial charge in [-0.15, -0.1) is 0 Å². The van der Waals surface area contributed by atoms with E-state index in [1.54, 1.807) is 7.05 Å². The van der Waals surface area contributed by atoms with E-state index < -0.39 is 0 Å². The molecule has 1 atom stereocenters. The van der Waals surface area contributed by atoms with Crippen molar-refractivity contribution in [1.82, 2.24) is 4.90 Å². The van der Waals surface area contributed by atoms with Gasteiger partial charge in [0.1, 0.15) is 6.10 Å². The summed E-state index contributed by atoms with van der Waals surface area (Å²) in [5.74, 6) is 0. The highest BCUT2D eigenvalue weighted by molar-refractivity contribution is 5.69. The van der Waals surface area contributed by atoms with E-state index >= 15 is 0 Å². The van der Waals surface area contributed by atoms with Gasteiger partial charge in [-0.2, -0.15) is 0 Å². The van der Waals surface area contributed by atoms with Gasteiger partial charge in [0.05, 0.1) is 13.2 Å². The monoisotopic (exact) mass is 161 g/mol. The van der Waals surface area contributed by atoms with Crippen molar-refractivity contribution < 1.29 is 14.6 Å². The van der Waals surface area contributed by atoms with Crippen LogP contribution in [-0.4, -0.2) is 42.4 Å². The molecule has 1 aliphatic rings. The van der Waals surface area contributed by atoms with E-state index in [9.17, 15) is 4.79 Å². The van der Waals surface area contributed by atoms with Crippen LogP contribution < -0.4 is 0 Å². The van der Waals surface area contributed by atoms with Crippen molar-refractivity contribution in [1.29, 1.82) is 0 Å². The Bertz CT molecular complexity index is 127. The number of hydrogen-bond acceptors (Lipinski definition) is 3. The molecule has 0 aliphatic carbocycles. The van der Waals surface area contributed by atoms with Gasteiger partial charge in [0.2, 0.25) is 0 Å². The molecule has 1 rings (SSSR count). The first kappa shape index (κ1) is 10.2. The van der Waals surface area contributed by atoms with Crippen LogP contribution in [0.1, 0.15) is 13.8 Å². The minimum atomic E-state index is -0.353. The Morgan fingerprint density at radius 2 is 2.27 bits per heavy atom. The summed E-state index contributed by atoms with van der Waals surface area (Å²) >= 11 is 0. The Hall–Kier alpha value is -0.770. The number of cyclic esters (lactones) is 1. The number of carbonyl (C=O) groups excluding carboxylic acids is 1. The molecule has 1 saturated heterocycles. The Kier molecular flexibility index (Phi) is 4.61. The number of carbonyl (C=O) groups is 1. The molecule has 4 nitrogen and oxygen atoms in total. The quantitative estimate of drug-likeness (QED) is 0.607. The Labute approximate surface area is 66.8 Å². The van der Waals surface area contributed by atoms with Crippen molar-refractivity contribution in [3.8, 4) is 0 Å². The fourth-order valence-electron chi connectivity index (χ4n) is 0.745. The van der Waals surface area contributed by atoms with Gasteiger partial charge in [0, 0.05) is 7.05 Å². The summed E-state index contributed by atoms with van der Waals surface area (Å²) in [6.07, 6.45) is -0.670. The third-order valence-corrected chi connectivity index (χ3v) is 1.26. The van der Waals surface area contributed by atoms with E-state index in [1.807, 2.05) is 13.8 Å². The molecular formula is C7H15NO3. The standard InChI is InChI=1S/C5H9NO3.C2H6/c1-6-2-4(3-7)9-5(6)8;1-2/h4,7H,2-3H2,1H3;1-2H3/t4-;/m1./s1. The van der Waals surface area contributed by atoms with E-state index in [4.69, 9.17) is 5.11 Å². The number of ether oxygens (including phenoxy) is 1. The van der Waals surface area contributed by atoms with E-state index in [0.29, 0.717) is 6.54 Å².